The third kappa shape index (κ3) is 9.66. The summed E-state index contributed by atoms with van der Waals surface area (Å²) in [5.41, 5.74) is 3.06. The summed E-state index contributed by atoms with van der Waals surface area (Å²) in [6.45, 7) is 5.80. The standard InChI is InChI=1S/C25H36N4O2/c1-4-26-25(27-16-8-9-18-31-20-22-11-6-5-7-12-22)28-17-15-21-13-10-14-23(19-21)24(30)29(2)3/h5-7,10-14,19H,4,8-9,15-18,20H2,1-3H3,(H2,26,27,28). The zero-order valence-corrected chi connectivity index (χ0v) is 19.1. The number of guanidine groups is 1. The van der Waals surface area contributed by atoms with Gasteiger partial charge in [0.1, 0.15) is 0 Å². The van der Waals surface area contributed by atoms with Crippen LogP contribution in [0.3, 0.4) is 0 Å². The SMILES string of the molecule is CCNC(=NCCCCOCc1ccccc1)NCCc1cccc(C(=O)N(C)C)c1. The van der Waals surface area contributed by atoms with Gasteiger partial charge in [-0.3, -0.25) is 9.79 Å². The number of carbonyl (C=O) groups excluding carboxylic acids is 1. The first kappa shape index (κ1) is 24.4. The van der Waals surface area contributed by atoms with E-state index in [2.05, 4.69) is 34.7 Å². The molecule has 2 rings (SSSR count). The van der Waals surface area contributed by atoms with E-state index >= 15 is 0 Å². The van der Waals surface area contributed by atoms with Crippen LogP contribution in [0.4, 0.5) is 0 Å². The number of ether oxygens (including phenoxy) is 1. The molecule has 0 saturated heterocycles. The van der Waals surface area contributed by atoms with E-state index in [0.717, 1.165) is 62.6 Å². The molecule has 1 amide bonds. The Morgan fingerprint density at radius 2 is 1.77 bits per heavy atom. The van der Waals surface area contributed by atoms with Gasteiger partial charge in [-0.05, 0) is 49.4 Å². The van der Waals surface area contributed by atoms with E-state index in [1.165, 1.54) is 5.56 Å². The molecule has 6 heteroatoms. The molecule has 0 aliphatic heterocycles. The quantitative estimate of drug-likeness (QED) is 0.311. The molecule has 0 unspecified atom stereocenters. The fraction of sp³-hybridized carbons (Fsp3) is 0.440. The van der Waals surface area contributed by atoms with Gasteiger partial charge in [-0.1, -0.05) is 42.5 Å². The maximum absolute atomic E-state index is 12.1. The fourth-order valence-electron chi connectivity index (χ4n) is 3.06. The Kier molecular flexibility index (Phi) is 11.2. The van der Waals surface area contributed by atoms with Gasteiger partial charge in [-0.25, -0.2) is 0 Å². The van der Waals surface area contributed by atoms with Gasteiger partial charge in [0, 0.05) is 45.9 Å². The second-order valence-electron chi connectivity index (χ2n) is 7.58. The largest absolute Gasteiger partial charge is 0.377 e. The van der Waals surface area contributed by atoms with Crippen LogP contribution in [0.25, 0.3) is 0 Å². The number of nitrogens with one attached hydrogen (secondary N) is 2. The van der Waals surface area contributed by atoms with Gasteiger partial charge in [0.25, 0.3) is 5.91 Å². The third-order valence-electron chi connectivity index (χ3n) is 4.71. The first-order valence-electron chi connectivity index (χ1n) is 11.0. The number of amides is 1. The average Bonchev–Trinajstić information content (AvgIpc) is 2.78. The van der Waals surface area contributed by atoms with Crippen molar-refractivity contribution in [2.75, 3.05) is 40.3 Å². The van der Waals surface area contributed by atoms with Crippen molar-refractivity contribution in [3.05, 3.63) is 71.3 Å². The molecule has 6 nitrogen and oxygen atoms in total. The summed E-state index contributed by atoms with van der Waals surface area (Å²) < 4.78 is 5.72. The second kappa shape index (κ2) is 14.2. The molecular formula is C25H36N4O2. The minimum Gasteiger partial charge on any atom is -0.377 e. The van der Waals surface area contributed by atoms with Gasteiger partial charge in [-0.2, -0.15) is 0 Å². The monoisotopic (exact) mass is 424 g/mol. The summed E-state index contributed by atoms with van der Waals surface area (Å²) in [6.07, 6.45) is 2.80. The van der Waals surface area contributed by atoms with Crippen LogP contribution >= 0.6 is 0 Å². The minimum absolute atomic E-state index is 0.0254. The van der Waals surface area contributed by atoms with Crippen molar-refractivity contribution in [1.29, 1.82) is 0 Å². The molecule has 31 heavy (non-hydrogen) atoms. The molecular weight excluding hydrogens is 388 g/mol. The zero-order chi connectivity index (χ0) is 22.3. The molecule has 0 aromatic heterocycles. The summed E-state index contributed by atoms with van der Waals surface area (Å²) >= 11 is 0. The van der Waals surface area contributed by atoms with Crippen LogP contribution in [0.2, 0.25) is 0 Å². The lowest BCUT2D eigenvalue weighted by atomic mass is 10.1. The second-order valence-corrected chi connectivity index (χ2v) is 7.58. The number of rotatable bonds is 12. The Bertz CT molecular complexity index is 806. The third-order valence-corrected chi connectivity index (χ3v) is 4.71. The van der Waals surface area contributed by atoms with Gasteiger partial charge in [0.2, 0.25) is 0 Å². The molecule has 168 valence electrons. The van der Waals surface area contributed by atoms with Crippen molar-refractivity contribution >= 4 is 11.9 Å². The first-order chi connectivity index (χ1) is 15.1. The molecule has 0 bridgehead atoms. The Morgan fingerprint density at radius 1 is 1.00 bits per heavy atom. The number of nitrogens with zero attached hydrogens (tertiary/aromatic N) is 2. The van der Waals surface area contributed by atoms with E-state index in [1.807, 2.05) is 42.5 Å². The van der Waals surface area contributed by atoms with Crippen molar-refractivity contribution < 1.29 is 9.53 Å². The number of hydrogen-bond acceptors (Lipinski definition) is 3. The Labute approximate surface area is 186 Å². The number of carbonyl (C=O) groups is 1. The molecule has 0 aliphatic rings. The molecule has 2 N–H and O–H groups in total. The van der Waals surface area contributed by atoms with E-state index in [-0.39, 0.29) is 5.91 Å². The highest BCUT2D eigenvalue weighted by atomic mass is 16.5. The number of benzene rings is 2. The van der Waals surface area contributed by atoms with Crippen LogP contribution in [0.1, 0.15) is 41.3 Å². The van der Waals surface area contributed by atoms with E-state index < -0.39 is 0 Å². The highest BCUT2D eigenvalue weighted by Gasteiger charge is 2.08. The average molecular weight is 425 g/mol. The van der Waals surface area contributed by atoms with Crippen LogP contribution in [0.5, 0.6) is 0 Å². The predicted octanol–water partition coefficient (Wildman–Crippen LogP) is 3.48. The molecule has 0 aliphatic carbocycles. The number of hydrogen-bond donors (Lipinski definition) is 2. The zero-order valence-electron chi connectivity index (χ0n) is 19.1. The summed E-state index contributed by atoms with van der Waals surface area (Å²) in [5.74, 6) is 0.852. The molecule has 0 radical (unpaired) electrons. The Morgan fingerprint density at radius 3 is 2.52 bits per heavy atom. The molecule has 0 saturated carbocycles. The van der Waals surface area contributed by atoms with Crippen molar-refractivity contribution in [1.82, 2.24) is 15.5 Å². The Hall–Kier alpha value is -2.86. The minimum atomic E-state index is 0.0254. The maximum atomic E-state index is 12.1. The number of aliphatic imine (C=N–C) groups is 1. The van der Waals surface area contributed by atoms with Crippen LogP contribution < -0.4 is 10.6 Å². The highest BCUT2D eigenvalue weighted by Crippen LogP contribution is 2.08. The van der Waals surface area contributed by atoms with Gasteiger partial charge < -0.3 is 20.3 Å². The van der Waals surface area contributed by atoms with E-state index in [4.69, 9.17) is 4.74 Å². The first-order valence-corrected chi connectivity index (χ1v) is 11.0. The van der Waals surface area contributed by atoms with E-state index in [0.29, 0.717) is 6.61 Å². The predicted molar refractivity (Wildman–Crippen MR) is 127 cm³/mol. The molecule has 2 aromatic rings. The van der Waals surface area contributed by atoms with Crippen LogP contribution in [0, 0.1) is 0 Å². The summed E-state index contributed by atoms with van der Waals surface area (Å²) in [7, 11) is 3.54. The highest BCUT2D eigenvalue weighted by molar-refractivity contribution is 5.94. The lowest BCUT2D eigenvalue weighted by molar-refractivity contribution is 0.0827. The number of unbranched alkanes of at least 4 members (excludes halogenated alkanes) is 1. The summed E-state index contributed by atoms with van der Waals surface area (Å²) in [5, 5.41) is 6.66. The van der Waals surface area contributed by atoms with Crippen LogP contribution in [-0.4, -0.2) is 57.1 Å². The van der Waals surface area contributed by atoms with E-state index in [9.17, 15) is 4.79 Å². The molecule has 0 fully saturated rings. The lowest BCUT2D eigenvalue weighted by Crippen LogP contribution is -2.38. The Balaban J connectivity index is 1.67. The topological polar surface area (TPSA) is 66.0 Å². The lowest BCUT2D eigenvalue weighted by Gasteiger charge is -2.13. The van der Waals surface area contributed by atoms with Gasteiger partial charge in [-0.15, -0.1) is 0 Å². The van der Waals surface area contributed by atoms with E-state index in [1.54, 1.807) is 19.0 Å². The normalized spacial score (nSPS) is 11.3. The van der Waals surface area contributed by atoms with Crippen molar-refractivity contribution in [3.8, 4) is 0 Å². The molecule has 0 spiro atoms. The van der Waals surface area contributed by atoms with Crippen LogP contribution in [0.15, 0.2) is 59.6 Å². The maximum Gasteiger partial charge on any atom is 0.253 e. The van der Waals surface area contributed by atoms with Gasteiger partial charge in [0.15, 0.2) is 5.96 Å². The van der Waals surface area contributed by atoms with Crippen LogP contribution in [-0.2, 0) is 17.8 Å². The van der Waals surface area contributed by atoms with Gasteiger partial charge >= 0.3 is 0 Å². The molecule has 0 atom stereocenters. The molecule has 0 heterocycles. The summed E-state index contributed by atoms with van der Waals surface area (Å²) in [4.78, 5) is 18.4. The summed E-state index contributed by atoms with van der Waals surface area (Å²) in [6, 6.07) is 18.0. The smallest absolute Gasteiger partial charge is 0.253 e. The van der Waals surface area contributed by atoms with Gasteiger partial charge in [0.05, 0.1) is 6.61 Å². The molecule has 2 aromatic carbocycles. The van der Waals surface area contributed by atoms with Crippen molar-refractivity contribution in [2.24, 2.45) is 4.99 Å². The fourth-order valence-corrected chi connectivity index (χ4v) is 3.06. The van der Waals surface area contributed by atoms with Crippen molar-refractivity contribution in [2.45, 2.75) is 32.8 Å². The van der Waals surface area contributed by atoms with Crippen molar-refractivity contribution in [3.63, 3.8) is 0 Å².